The van der Waals surface area contributed by atoms with Gasteiger partial charge in [-0.2, -0.15) is 5.26 Å². The number of aliphatic carboxylic acids is 1. The Labute approximate surface area is 133 Å². The molecule has 7 nitrogen and oxygen atoms in total. The first-order chi connectivity index (χ1) is 11.1. The van der Waals surface area contributed by atoms with Gasteiger partial charge < -0.3 is 21.1 Å². The third-order valence-corrected chi connectivity index (χ3v) is 4.03. The van der Waals surface area contributed by atoms with E-state index in [0.29, 0.717) is 24.6 Å². The predicted octanol–water partition coefficient (Wildman–Crippen LogP) is 1.43. The standard InChI is InChI=1S/C16H17N5O2/c17-9-11(16(22)23)14-15(21-7-5-10(18)6-8-21)20-13-4-2-1-3-12(13)19-14/h1-4,10,19H,5-8,18H2,(H,22,23)/b14-11+. The highest BCUT2D eigenvalue weighted by molar-refractivity contribution is 6.12. The van der Waals surface area contributed by atoms with Crippen LogP contribution in [0.25, 0.3) is 0 Å². The van der Waals surface area contributed by atoms with Crippen molar-refractivity contribution in [3.63, 3.8) is 0 Å². The minimum absolute atomic E-state index is 0.151. The lowest BCUT2D eigenvalue weighted by Crippen LogP contribution is -2.45. The summed E-state index contributed by atoms with van der Waals surface area (Å²) in [6.45, 7) is 1.37. The minimum atomic E-state index is -1.27. The quantitative estimate of drug-likeness (QED) is 0.534. The van der Waals surface area contributed by atoms with E-state index in [1.807, 2.05) is 23.1 Å². The van der Waals surface area contributed by atoms with Crippen molar-refractivity contribution >= 4 is 23.2 Å². The summed E-state index contributed by atoms with van der Waals surface area (Å²) in [7, 11) is 0. The molecule has 23 heavy (non-hydrogen) atoms. The highest BCUT2D eigenvalue weighted by atomic mass is 16.4. The second-order valence-electron chi connectivity index (χ2n) is 5.57. The Morgan fingerprint density at radius 1 is 1.39 bits per heavy atom. The first-order valence-corrected chi connectivity index (χ1v) is 7.43. The van der Waals surface area contributed by atoms with Gasteiger partial charge in [0.25, 0.3) is 0 Å². The van der Waals surface area contributed by atoms with Crippen LogP contribution in [0.5, 0.6) is 0 Å². The Balaban J connectivity index is 2.09. The molecule has 0 radical (unpaired) electrons. The molecule has 118 valence electrons. The summed E-state index contributed by atoms with van der Waals surface area (Å²) in [5, 5.41) is 21.6. The van der Waals surface area contributed by atoms with Crippen LogP contribution in [0.1, 0.15) is 12.8 Å². The van der Waals surface area contributed by atoms with Gasteiger partial charge in [0.2, 0.25) is 0 Å². The van der Waals surface area contributed by atoms with E-state index in [1.165, 1.54) is 0 Å². The number of anilines is 1. The number of carbonyl (C=O) groups is 1. The number of hydrogen-bond donors (Lipinski definition) is 3. The van der Waals surface area contributed by atoms with Gasteiger partial charge in [-0.05, 0) is 25.0 Å². The van der Waals surface area contributed by atoms with Crippen molar-refractivity contribution in [3.8, 4) is 6.07 Å². The van der Waals surface area contributed by atoms with Crippen molar-refractivity contribution in [2.75, 3.05) is 18.4 Å². The number of fused-ring (bicyclic) bond motifs is 1. The van der Waals surface area contributed by atoms with E-state index in [2.05, 4.69) is 10.3 Å². The third kappa shape index (κ3) is 2.89. The van der Waals surface area contributed by atoms with Crippen LogP contribution in [0.2, 0.25) is 0 Å². The number of nitrogens with two attached hydrogens (primary N) is 1. The summed E-state index contributed by atoms with van der Waals surface area (Å²) in [5.41, 5.74) is 7.25. The Morgan fingerprint density at radius 2 is 2.09 bits per heavy atom. The zero-order valence-electron chi connectivity index (χ0n) is 12.5. The lowest BCUT2D eigenvalue weighted by atomic mass is 10.0. The van der Waals surface area contributed by atoms with Crippen LogP contribution < -0.4 is 11.1 Å². The number of benzene rings is 1. The topological polar surface area (TPSA) is 115 Å². The Bertz CT molecular complexity index is 739. The smallest absolute Gasteiger partial charge is 0.348 e. The molecule has 2 aliphatic heterocycles. The fourth-order valence-corrected chi connectivity index (χ4v) is 2.76. The number of hydrogen-bond acceptors (Lipinski definition) is 6. The molecule has 7 heteroatoms. The second kappa shape index (κ2) is 6.10. The highest BCUT2D eigenvalue weighted by Gasteiger charge is 2.29. The number of nitrogens with one attached hydrogen (secondary N) is 1. The molecule has 1 aromatic rings. The molecular weight excluding hydrogens is 294 g/mol. The van der Waals surface area contributed by atoms with E-state index in [4.69, 9.17) is 5.73 Å². The number of carboxylic acid groups (broad SMARTS) is 1. The van der Waals surface area contributed by atoms with Gasteiger partial charge in [0.1, 0.15) is 11.8 Å². The molecule has 2 aliphatic rings. The SMILES string of the molecule is N#C/C(C(=O)O)=C1\Nc2ccccc2N=C1N1CCC(N)CC1. The molecule has 0 amide bonds. The maximum Gasteiger partial charge on any atom is 0.348 e. The van der Waals surface area contributed by atoms with Crippen LogP contribution >= 0.6 is 0 Å². The van der Waals surface area contributed by atoms with Gasteiger partial charge in [0.15, 0.2) is 11.4 Å². The van der Waals surface area contributed by atoms with Crippen LogP contribution in [0.4, 0.5) is 11.4 Å². The maximum absolute atomic E-state index is 11.4. The molecule has 4 N–H and O–H groups in total. The maximum atomic E-state index is 11.4. The zero-order valence-corrected chi connectivity index (χ0v) is 12.5. The van der Waals surface area contributed by atoms with E-state index in [9.17, 15) is 15.2 Å². The first-order valence-electron chi connectivity index (χ1n) is 7.43. The molecule has 0 aromatic heterocycles. The molecular formula is C16H17N5O2. The highest BCUT2D eigenvalue weighted by Crippen LogP contribution is 2.33. The lowest BCUT2D eigenvalue weighted by Gasteiger charge is -2.35. The molecule has 0 unspecified atom stereocenters. The molecule has 2 heterocycles. The molecule has 0 aliphatic carbocycles. The molecule has 0 bridgehead atoms. The molecule has 0 saturated carbocycles. The van der Waals surface area contributed by atoms with Crippen LogP contribution in [0, 0.1) is 11.3 Å². The van der Waals surface area contributed by atoms with Crippen molar-refractivity contribution in [2.24, 2.45) is 10.7 Å². The summed E-state index contributed by atoms with van der Waals surface area (Å²) < 4.78 is 0. The van der Waals surface area contributed by atoms with Gasteiger partial charge in [-0.3, -0.25) is 0 Å². The van der Waals surface area contributed by atoms with Gasteiger partial charge in [-0.1, -0.05) is 12.1 Å². The average molecular weight is 311 g/mol. The molecule has 0 atom stereocenters. The largest absolute Gasteiger partial charge is 0.477 e. The molecule has 1 aromatic carbocycles. The molecule has 3 rings (SSSR count). The summed E-state index contributed by atoms with van der Waals surface area (Å²) in [6.07, 6.45) is 1.62. The van der Waals surface area contributed by atoms with Gasteiger partial charge in [-0.25, -0.2) is 9.79 Å². The minimum Gasteiger partial charge on any atom is -0.477 e. The summed E-state index contributed by atoms with van der Waals surface area (Å²) >= 11 is 0. The molecule has 0 spiro atoms. The lowest BCUT2D eigenvalue weighted by molar-refractivity contribution is -0.132. The van der Waals surface area contributed by atoms with E-state index in [1.54, 1.807) is 12.1 Å². The van der Waals surface area contributed by atoms with Gasteiger partial charge in [-0.15, -0.1) is 0 Å². The van der Waals surface area contributed by atoms with Crippen LogP contribution in [0.15, 0.2) is 40.5 Å². The van der Waals surface area contributed by atoms with E-state index < -0.39 is 5.97 Å². The van der Waals surface area contributed by atoms with Crippen LogP contribution in [-0.2, 0) is 4.79 Å². The summed E-state index contributed by atoms with van der Waals surface area (Å²) in [4.78, 5) is 18.0. The Morgan fingerprint density at radius 3 is 2.74 bits per heavy atom. The van der Waals surface area contributed by atoms with Crippen LogP contribution in [0.3, 0.4) is 0 Å². The molecule has 1 fully saturated rings. The number of aliphatic imine (C=N–C) groups is 1. The summed E-state index contributed by atoms with van der Waals surface area (Å²) in [5.74, 6) is -0.773. The van der Waals surface area contributed by atoms with E-state index in [0.717, 1.165) is 18.5 Å². The van der Waals surface area contributed by atoms with Crippen molar-refractivity contribution in [1.29, 1.82) is 5.26 Å². The number of piperidine rings is 1. The zero-order chi connectivity index (χ0) is 16.4. The Kier molecular flexibility index (Phi) is 4.00. The number of amidine groups is 1. The number of para-hydroxylation sites is 2. The molecule has 1 saturated heterocycles. The van der Waals surface area contributed by atoms with Gasteiger partial charge >= 0.3 is 5.97 Å². The van der Waals surface area contributed by atoms with E-state index in [-0.39, 0.29) is 17.3 Å². The Hall–Kier alpha value is -2.85. The summed E-state index contributed by atoms with van der Waals surface area (Å²) in [6, 6.07) is 9.27. The van der Waals surface area contributed by atoms with Crippen molar-refractivity contribution in [2.45, 2.75) is 18.9 Å². The van der Waals surface area contributed by atoms with Crippen LogP contribution in [-0.4, -0.2) is 40.9 Å². The normalized spacial score (nSPS) is 20.0. The second-order valence-corrected chi connectivity index (χ2v) is 5.57. The predicted molar refractivity (Wildman–Crippen MR) is 86.2 cm³/mol. The monoisotopic (exact) mass is 311 g/mol. The number of nitriles is 1. The number of rotatable bonds is 1. The van der Waals surface area contributed by atoms with Crippen molar-refractivity contribution in [3.05, 3.63) is 35.5 Å². The first kappa shape index (κ1) is 15.1. The third-order valence-electron chi connectivity index (χ3n) is 4.03. The number of likely N-dealkylation sites (tertiary alicyclic amines) is 1. The van der Waals surface area contributed by atoms with E-state index >= 15 is 0 Å². The fraction of sp³-hybridized carbons (Fsp3) is 0.312. The van der Waals surface area contributed by atoms with Crippen molar-refractivity contribution in [1.82, 2.24) is 4.90 Å². The van der Waals surface area contributed by atoms with Gasteiger partial charge in [0, 0.05) is 19.1 Å². The number of carboxylic acids is 1. The average Bonchev–Trinajstić information content (AvgIpc) is 2.55. The van der Waals surface area contributed by atoms with Gasteiger partial charge in [0.05, 0.1) is 11.4 Å². The number of nitrogens with zero attached hydrogens (tertiary/aromatic N) is 3. The fourth-order valence-electron chi connectivity index (χ4n) is 2.76. The van der Waals surface area contributed by atoms with Crippen molar-refractivity contribution < 1.29 is 9.90 Å².